The minimum atomic E-state index is -0.312. The summed E-state index contributed by atoms with van der Waals surface area (Å²) >= 11 is 0. The van der Waals surface area contributed by atoms with Crippen LogP contribution in [0.3, 0.4) is 0 Å². The summed E-state index contributed by atoms with van der Waals surface area (Å²) in [5, 5.41) is 3.02. The maximum Gasteiger partial charge on any atom is 0.410 e. The maximum atomic E-state index is 12.8. The summed E-state index contributed by atoms with van der Waals surface area (Å²) in [7, 11) is 0. The van der Waals surface area contributed by atoms with Crippen molar-refractivity contribution in [2.45, 2.75) is 44.4 Å². The smallest absolute Gasteiger partial charge is 0.410 e. The number of aromatic nitrogens is 2. The van der Waals surface area contributed by atoms with E-state index in [1.165, 1.54) is 0 Å². The van der Waals surface area contributed by atoms with Crippen LogP contribution in [0.4, 0.5) is 4.79 Å². The van der Waals surface area contributed by atoms with E-state index < -0.39 is 0 Å². The van der Waals surface area contributed by atoms with E-state index in [-0.39, 0.29) is 24.6 Å². The highest BCUT2D eigenvalue weighted by atomic mass is 16.6. The molecule has 1 aliphatic heterocycles. The van der Waals surface area contributed by atoms with Crippen LogP contribution in [0.15, 0.2) is 72.8 Å². The maximum absolute atomic E-state index is 12.8. The van der Waals surface area contributed by atoms with E-state index in [1.54, 1.807) is 4.90 Å². The summed E-state index contributed by atoms with van der Waals surface area (Å²) < 4.78 is 5.58. The second-order valence-electron chi connectivity index (χ2n) is 9.57. The number of ether oxygens (including phenoxy) is 1. The number of rotatable bonds is 6. The standard InChI is InChI=1S/C29H28N4O3/c34-28(30-23-13-14-23)21-10-8-20(9-11-21)22-12-15-24-25(17-22)32-27(31-24)26-7-4-16-33(26)29(35)36-18-19-5-2-1-3-6-19/h1-3,5-6,8-12,15,17,23,26H,4,7,13-14,16,18H2,(H,30,34)(H,31,32)/t26-/m0/s1. The summed E-state index contributed by atoms with van der Waals surface area (Å²) in [5.41, 5.74) is 5.49. The largest absolute Gasteiger partial charge is 0.445 e. The van der Waals surface area contributed by atoms with Gasteiger partial charge in [0, 0.05) is 18.2 Å². The number of nitrogens with zero attached hydrogens (tertiary/aromatic N) is 2. The van der Waals surface area contributed by atoms with Crippen molar-refractivity contribution in [1.82, 2.24) is 20.2 Å². The molecule has 1 aromatic heterocycles. The van der Waals surface area contributed by atoms with E-state index in [0.29, 0.717) is 18.2 Å². The highest BCUT2D eigenvalue weighted by Crippen LogP contribution is 2.33. The molecule has 3 aromatic carbocycles. The Balaban J connectivity index is 1.17. The fourth-order valence-corrected chi connectivity index (χ4v) is 4.75. The van der Waals surface area contributed by atoms with Crippen molar-refractivity contribution in [2.24, 2.45) is 0 Å². The van der Waals surface area contributed by atoms with Crippen molar-refractivity contribution in [2.75, 3.05) is 6.54 Å². The number of carbonyl (C=O) groups is 2. The topological polar surface area (TPSA) is 87.3 Å². The van der Waals surface area contributed by atoms with Crippen LogP contribution in [0.5, 0.6) is 0 Å². The average Bonchev–Trinajstić information content (AvgIpc) is 3.41. The van der Waals surface area contributed by atoms with Gasteiger partial charge in [0.15, 0.2) is 0 Å². The minimum Gasteiger partial charge on any atom is -0.445 e. The molecule has 0 spiro atoms. The van der Waals surface area contributed by atoms with Crippen molar-refractivity contribution in [3.63, 3.8) is 0 Å². The zero-order chi connectivity index (χ0) is 24.5. The SMILES string of the molecule is O=C(NC1CC1)c1ccc(-c2ccc3nc([C@@H]4CCCN4C(=O)OCc4ccccc4)[nH]c3c2)cc1. The van der Waals surface area contributed by atoms with Gasteiger partial charge in [-0.2, -0.15) is 0 Å². The van der Waals surface area contributed by atoms with Gasteiger partial charge in [0.05, 0.1) is 17.1 Å². The molecule has 2 amide bonds. The summed E-state index contributed by atoms with van der Waals surface area (Å²) in [6, 6.07) is 23.7. The predicted molar refractivity (Wildman–Crippen MR) is 137 cm³/mol. The normalized spacial score (nSPS) is 17.3. The second-order valence-corrected chi connectivity index (χ2v) is 9.57. The van der Waals surface area contributed by atoms with Crippen molar-refractivity contribution in [1.29, 1.82) is 0 Å². The third-order valence-corrected chi connectivity index (χ3v) is 6.90. The molecule has 7 heteroatoms. The van der Waals surface area contributed by atoms with Crippen molar-refractivity contribution >= 4 is 23.0 Å². The van der Waals surface area contributed by atoms with E-state index in [0.717, 1.165) is 59.2 Å². The van der Waals surface area contributed by atoms with E-state index in [2.05, 4.69) is 16.4 Å². The number of carbonyl (C=O) groups excluding carboxylic acids is 2. The lowest BCUT2D eigenvalue weighted by Gasteiger charge is -2.22. The lowest BCUT2D eigenvalue weighted by molar-refractivity contribution is 0.0909. The van der Waals surface area contributed by atoms with Gasteiger partial charge in [-0.1, -0.05) is 48.5 Å². The van der Waals surface area contributed by atoms with Gasteiger partial charge in [0.25, 0.3) is 5.91 Å². The van der Waals surface area contributed by atoms with Crippen LogP contribution in [0.25, 0.3) is 22.2 Å². The fraction of sp³-hybridized carbons (Fsp3) is 0.276. The number of benzene rings is 3. The Hall–Kier alpha value is -4.13. The minimum absolute atomic E-state index is 0.0128. The molecule has 2 aliphatic rings. The number of likely N-dealkylation sites (tertiary alicyclic amines) is 1. The van der Waals surface area contributed by atoms with E-state index >= 15 is 0 Å². The van der Waals surface area contributed by atoms with E-state index in [9.17, 15) is 9.59 Å². The Morgan fingerprint density at radius 1 is 0.972 bits per heavy atom. The number of aromatic amines is 1. The lowest BCUT2D eigenvalue weighted by atomic mass is 10.0. The molecule has 0 unspecified atom stereocenters. The Kier molecular flexibility index (Phi) is 5.89. The Bertz CT molecular complexity index is 1390. The molecule has 1 atom stereocenters. The molecule has 7 nitrogen and oxygen atoms in total. The summed E-state index contributed by atoms with van der Waals surface area (Å²) in [5.74, 6) is 0.768. The van der Waals surface area contributed by atoms with Gasteiger partial charge in [-0.05, 0) is 66.6 Å². The van der Waals surface area contributed by atoms with Gasteiger partial charge in [0.2, 0.25) is 0 Å². The Morgan fingerprint density at radius 2 is 1.75 bits per heavy atom. The number of H-pyrrole nitrogens is 1. The highest BCUT2D eigenvalue weighted by molar-refractivity contribution is 5.95. The molecule has 0 radical (unpaired) electrons. The molecule has 1 aliphatic carbocycles. The molecule has 0 bridgehead atoms. The van der Waals surface area contributed by atoms with Crippen molar-refractivity contribution in [3.05, 3.63) is 89.7 Å². The molecular weight excluding hydrogens is 452 g/mol. The average molecular weight is 481 g/mol. The van der Waals surface area contributed by atoms with Gasteiger partial charge in [-0.15, -0.1) is 0 Å². The van der Waals surface area contributed by atoms with Crippen LogP contribution >= 0.6 is 0 Å². The van der Waals surface area contributed by atoms with Crippen LogP contribution in [0, 0.1) is 0 Å². The molecule has 1 saturated carbocycles. The first-order chi connectivity index (χ1) is 17.6. The number of amides is 2. The number of hydrogen-bond acceptors (Lipinski definition) is 4. The number of hydrogen-bond donors (Lipinski definition) is 2. The first-order valence-corrected chi connectivity index (χ1v) is 12.5. The van der Waals surface area contributed by atoms with Gasteiger partial charge in [0.1, 0.15) is 12.4 Å². The zero-order valence-electron chi connectivity index (χ0n) is 19.9. The first kappa shape index (κ1) is 22.3. The molecule has 182 valence electrons. The van der Waals surface area contributed by atoms with Crippen LogP contribution in [0.2, 0.25) is 0 Å². The summed E-state index contributed by atoms with van der Waals surface area (Å²) in [6.45, 7) is 0.911. The highest BCUT2D eigenvalue weighted by Gasteiger charge is 2.33. The Labute approximate surface area is 209 Å². The number of fused-ring (bicyclic) bond motifs is 1. The van der Waals surface area contributed by atoms with Crippen LogP contribution < -0.4 is 5.32 Å². The first-order valence-electron chi connectivity index (χ1n) is 12.5. The molecule has 36 heavy (non-hydrogen) atoms. The number of nitrogens with one attached hydrogen (secondary N) is 2. The molecule has 1 saturated heterocycles. The second kappa shape index (κ2) is 9.49. The monoisotopic (exact) mass is 480 g/mol. The third-order valence-electron chi connectivity index (χ3n) is 6.90. The van der Waals surface area contributed by atoms with Crippen molar-refractivity contribution < 1.29 is 14.3 Å². The van der Waals surface area contributed by atoms with Crippen LogP contribution in [-0.2, 0) is 11.3 Å². The van der Waals surface area contributed by atoms with Crippen LogP contribution in [0.1, 0.15) is 53.5 Å². The third kappa shape index (κ3) is 4.69. The lowest BCUT2D eigenvalue weighted by Crippen LogP contribution is -2.31. The molecule has 6 rings (SSSR count). The van der Waals surface area contributed by atoms with Crippen molar-refractivity contribution in [3.8, 4) is 11.1 Å². The van der Waals surface area contributed by atoms with Gasteiger partial charge >= 0.3 is 6.09 Å². The number of imidazole rings is 1. The quantitative estimate of drug-likeness (QED) is 0.376. The van der Waals surface area contributed by atoms with Gasteiger partial charge in [-0.25, -0.2) is 9.78 Å². The summed E-state index contributed by atoms with van der Waals surface area (Å²) in [4.78, 5) is 35.1. The van der Waals surface area contributed by atoms with Gasteiger partial charge < -0.3 is 15.0 Å². The summed E-state index contributed by atoms with van der Waals surface area (Å²) in [6.07, 6.45) is 3.59. The van der Waals surface area contributed by atoms with E-state index in [4.69, 9.17) is 9.72 Å². The molecule has 2 fully saturated rings. The Morgan fingerprint density at radius 3 is 2.53 bits per heavy atom. The molecule has 2 heterocycles. The molecular formula is C29H28N4O3. The molecule has 2 N–H and O–H groups in total. The van der Waals surface area contributed by atoms with E-state index in [1.807, 2.05) is 66.7 Å². The van der Waals surface area contributed by atoms with Crippen LogP contribution in [-0.4, -0.2) is 39.5 Å². The molecule has 4 aromatic rings. The zero-order valence-corrected chi connectivity index (χ0v) is 19.9. The van der Waals surface area contributed by atoms with Gasteiger partial charge in [-0.3, -0.25) is 9.69 Å². The fourth-order valence-electron chi connectivity index (χ4n) is 4.75. The predicted octanol–water partition coefficient (Wildman–Crippen LogP) is 5.60.